The normalized spacial score (nSPS) is 20.0. The zero-order chi connectivity index (χ0) is 19.1. The van der Waals surface area contributed by atoms with Crippen LogP contribution in [0.25, 0.3) is 11.1 Å². The van der Waals surface area contributed by atoms with E-state index in [4.69, 9.17) is 0 Å². The van der Waals surface area contributed by atoms with E-state index in [0.717, 1.165) is 36.1 Å². The van der Waals surface area contributed by atoms with Gasteiger partial charge in [0.15, 0.2) is 0 Å². The molecule has 1 saturated carbocycles. The summed E-state index contributed by atoms with van der Waals surface area (Å²) in [4.78, 5) is 9.03. The van der Waals surface area contributed by atoms with Gasteiger partial charge in [0.2, 0.25) is 0 Å². The highest BCUT2D eigenvalue weighted by Gasteiger charge is 2.20. The molecular weight excluding hydrogens is 328 g/mol. The maximum absolute atomic E-state index is 4.51. The molecule has 0 bridgehead atoms. The Hall–Kier alpha value is -1.70. The lowest BCUT2D eigenvalue weighted by Gasteiger charge is -2.28. The van der Waals surface area contributed by atoms with Crippen molar-refractivity contribution in [2.45, 2.75) is 85.0 Å². The van der Waals surface area contributed by atoms with Crippen LogP contribution in [0.5, 0.6) is 0 Å². The van der Waals surface area contributed by atoms with Gasteiger partial charge in [-0.2, -0.15) is 0 Å². The first-order valence-electron chi connectivity index (χ1n) is 11.1. The number of aryl methyl sites for hydroxylation is 3. The topological polar surface area (TPSA) is 25.8 Å². The lowest BCUT2D eigenvalue weighted by Crippen LogP contribution is -2.15. The Kier molecular flexibility index (Phi) is 7.43. The predicted octanol–water partition coefficient (Wildman–Crippen LogP) is 6.94. The lowest BCUT2D eigenvalue weighted by molar-refractivity contribution is 0.252. The van der Waals surface area contributed by atoms with E-state index >= 15 is 0 Å². The fourth-order valence-electron chi connectivity index (χ4n) is 4.64. The van der Waals surface area contributed by atoms with Crippen molar-refractivity contribution in [2.24, 2.45) is 11.8 Å². The van der Waals surface area contributed by atoms with Gasteiger partial charge in [0.1, 0.15) is 5.82 Å². The van der Waals surface area contributed by atoms with E-state index in [2.05, 4.69) is 48.9 Å². The fourth-order valence-corrected chi connectivity index (χ4v) is 4.64. The monoisotopic (exact) mass is 364 g/mol. The van der Waals surface area contributed by atoms with E-state index in [-0.39, 0.29) is 0 Å². The number of rotatable bonds is 8. The highest BCUT2D eigenvalue weighted by molar-refractivity contribution is 5.66. The van der Waals surface area contributed by atoms with E-state index in [0.29, 0.717) is 0 Å². The molecule has 1 fully saturated rings. The number of aromatic nitrogens is 2. The van der Waals surface area contributed by atoms with Crippen LogP contribution in [0.1, 0.15) is 82.2 Å². The van der Waals surface area contributed by atoms with E-state index in [9.17, 15) is 0 Å². The quantitative estimate of drug-likeness (QED) is 0.507. The standard InChI is InChI=1S/C25H36N2/c1-4-6-20-8-10-21(11-9-20)12-13-22-14-15-24(19(3)16-22)23-17-26-25(7-5-2)27-18-23/h14-18,20-21H,4-13H2,1-3H3/t20-,21-. The molecule has 2 heteroatoms. The second-order valence-corrected chi connectivity index (χ2v) is 8.50. The van der Waals surface area contributed by atoms with Gasteiger partial charge in [-0.3, -0.25) is 0 Å². The van der Waals surface area contributed by atoms with Crippen LogP contribution in [-0.4, -0.2) is 9.97 Å². The van der Waals surface area contributed by atoms with Gasteiger partial charge in [-0.1, -0.05) is 70.6 Å². The van der Waals surface area contributed by atoms with Gasteiger partial charge in [-0.25, -0.2) is 9.97 Å². The van der Waals surface area contributed by atoms with Crippen molar-refractivity contribution in [3.05, 3.63) is 47.5 Å². The maximum atomic E-state index is 4.51. The maximum Gasteiger partial charge on any atom is 0.128 e. The molecule has 0 atom stereocenters. The SMILES string of the molecule is CCCc1ncc(-c2ccc(CC[C@H]3CC[C@H](CCC)CC3)cc2C)cn1. The smallest absolute Gasteiger partial charge is 0.128 e. The molecule has 2 nitrogen and oxygen atoms in total. The molecule has 0 spiro atoms. The summed E-state index contributed by atoms with van der Waals surface area (Å²) in [6.45, 7) is 6.70. The van der Waals surface area contributed by atoms with Gasteiger partial charge in [0, 0.05) is 24.4 Å². The van der Waals surface area contributed by atoms with Crippen molar-refractivity contribution in [1.29, 1.82) is 0 Å². The van der Waals surface area contributed by atoms with Crippen molar-refractivity contribution < 1.29 is 0 Å². The highest BCUT2D eigenvalue weighted by Crippen LogP contribution is 2.34. The third-order valence-electron chi connectivity index (χ3n) is 6.29. The molecule has 1 heterocycles. The van der Waals surface area contributed by atoms with Crippen LogP contribution in [0.15, 0.2) is 30.6 Å². The largest absolute Gasteiger partial charge is 0.241 e. The van der Waals surface area contributed by atoms with Crippen LogP contribution in [0, 0.1) is 18.8 Å². The van der Waals surface area contributed by atoms with Crippen LogP contribution in [0.2, 0.25) is 0 Å². The van der Waals surface area contributed by atoms with Crippen molar-refractivity contribution >= 4 is 0 Å². The third kappa shape index (κ3) is 5.64. The Morgan fingerprint density at radius 1 is 0.852 bits per heavy atom. The first-order valence-corrected chi connectivity index (χ1v) is 11.1. The van der Waals surface area contributed by atoms with Gasteiger partial charge < -0.3 is 0 Å². The fraction of sp³-hybridized carbons (Fsp3) is 0.600. The van der Waals surface area contributed by atoms with Crippen molar-refractivity contribution in [2.75, 3.05) is 0 Å². The van der Waals surface area contributed by atoms with Gasteiger partial charge in [0.05, 0.1) is 0 Å². The molecule has 1 aliphatic rings. The molecule has 1 aromatic carbocycles. The molecule has 3 rings (SSSR count). The average Bonchev–Trinajstić information content (AvgIpc) is 2.69. The van der Waals surface area contributed by atoms with Crippen molar-refractivity contribution in [1.82, 2.24) is 9.97 Å². The van der Waals surface area contributed by atoms with E-state index < -0.39 is 0 Å². The molecule has 1 aliphatic carbocycles. The van der Waals surface area contributed by atoms with Crippen molar-refractivity contribution in [3.63, 3.8) is 0 Å². The zero-order valence-electron chi connectivity index (χ0n) is 17.5. The summed E-state index contributed by atoms with van der Waals surface area (Å²) >= 11 is 0. The van der Waals surface area contributed by atoms with Gasteiger partial charge in [0.25, 0.3) is 0 Å². The molecule has 2 aromatic rings. The van der Waals surface area contributed by atoms with Crippen LogP contribution < -0.4 is 0 Å². The Bertz CT molecular complexity index is 697. The minimum Gasteiger partial charge on any atom is -0.241 e. The Labute approximate surface area is 165 Å². The zero-order valence-corrected chi connectivity index (χ0v) is 17.5. The van der Waals surface area contributed by atoms with Crippen LogP contribution >= 0.6 is 0 Å². The first-order chi connectivity index (χ1) is 13.2. The summed E-state index contributed by atoms with van der Waals surface area (Å²) in [5, 5.41) is 0. The minimum atomic E-state index is 0.942. The summed E-state index contributed by atoms with van der Waals surface area (Å²) in [6.07, 6.45) is 17.2. The number of benzene rings is 1. The van der Waals surface area contributed by atoms with Gasteiger partial charge in [-0.15, -0.1) is 0 Å². The number of hydrogen-bond acceptors (Lipinski definition) is 2. The van der Waals surface area contributed by atoms with E-state index in [1.807, 2.05) is 12.4 Å². The lowest BCUT2D eigenvalue weighted by atomic mass is 9.78. The Morgan fingerprint density at radius 2 is 1.52 bits per heavy atom. The van der Waals surface area contributed by atoms with E-state index in [1.165, 1.54) is 68.1 Å². The van der Waals surface area contributed by atoms with Crippen LogP contribution in [0.4, 0.5) is 0 Å². The molecule has 1 aromatic heterocycles. The van der Waals surface area contributed by atoms with Gasteiger partial charge in [-0.05, 0) is 54.7 Å². The summed E-state index contributed by atoms with van der Waals surface area (Å²) in [5.41, 5.74) is 5.22. The molecule has 0 N–H and O–H groups in total. The minimum absolute atomic E-state index is 0.942. The molecule has 146 valence electrons. The highest BCUT2D eigenvalue weighted by atomic mass is 14.9. The second-order valence-electron chi connectivity index (χ2n) is 8.50. The van der Waals surface area contributed by atoms with Crippen molar-refractivity contribution in [3.8, 4) is 11.1 Å². The number of nitrogens with zero attached hydrogens (tertiary/aromatic N) is 2. The number of hydrogen-bond donors (Lipinski definition) is 0. The summed E-state index contributed by atoms with van der Waals surface area (Å²) in [5.74, 6) is 2.90. The average molecular weight is 365 g/mol. The summed E-state index contributed by atoms with van der Waals surface area (Å²) < 4.78 is 0. The third-order valence-corrected chi connectivity index (χ3v) is 6.29. The Morgan fingerprint density at radius 3 is 2.11 bits per heavy atom. The van der Waals surface area contributed by atoms with Crippen LogP contribution in [0.3, 0.4) is 0 Å². The first kappa shape index (κ1) is 20.0. The molecule has 0 aliphatic heterocycles. The summed E-state index contributed by atoms with van der Waals surface area (Å²) in [7, 11) is 0. The molecular formula is C25H36N2. The summed E-state index contributed by atoms with van der Waals surface area (Å²) in [6, 6.07) is 6.95. The van der Waals surface area contributed by atoms with Crippen LogP contribution in [-0.2, 0) is 12.8 Å². The van der Waals surface area contributed by atoms with Gasteiger partial charge >= 0.3 is 0 Å². The molecule has 0 saturated heterocycles. The predicted molar refractivity (Wildman–Crippen MR) is 115 cm³/mol. The van der Waals surface area contributed by atoms with E-state index in [1.54, 1.807) is 0 Å². The molecule has 0 amide bonds. The molecule has 0 unspecified atom stereocenters. The Balaban J connectivity index is 1.55. The molecule has 0 radical (unpaired) electrons. The second kappa shape index (κ2) is 10.0. The molecule has 27 heavy (non-hydrogen) atoms.